The van der Waals surface area contributed by atoms with Crippen molar-refractivity contribution in [1.82, 2.24) is 4.98 Å². The maximum Gasteiger partial charge on any atom is 0.354 e. The van der Waals surface area contributed by atoms with Gasteiger partial charge >= 0.3 is 5.97 Å². The molecule has 1 aromatic rings. The van der Waals surface area contributed by atoms with Crippen molar-refractivity contribution in [3.8, 4) is 0 Å². The lowest BCUT2D eigenvalue weighted by molar-refractivity contribution is 0.0690. The minimum atomic E-state index is -0.977. The second-order valence-electron chi connectivity index (χ2n) is 3.75. The lowest BCUT2D eigenvalue weighted by atomic mass is 10.2. The predicted octanol–water partition coefficient (Wildman–Crippen LogP) is 2.92. The number of aromatic carboxylic acids is 1. The van der Waals surface area contributed by atoms with Crippen LogP contribution in [0.15, 0.2) is 23.2 Å². The fraction of sp³-hybridized carbons (Fsp3) is 0.455. The van der Waals surface area contributed by atoms with Crippen molar-refractivity contribution in [2.45, 2.75) is 30.9 Å². The fourth-order valence-corrected chi connectivity index (χ4v) is 1.97. The van der Waals surface area contributed by atoms with Crippen molar-refractivity contribution >= 4 is 17.7 Å². The Balaban J connectivity index is 2.78. The molecule has 3 nitrogen and oxygen atoms in total. The third kappa shape index (κ3) is 3.55. The highest BCUT2D eigenvalue weighted by atomic mass is 32.2. The van der Waals surface area contributed by atoms with Crippen LogP contribution in [0.5, 0.6) is 0 Å². The molecule has 1 N–H and O–H groups in total. The second-order valence-corrected chi connectivity index (χ2v) is 5.20. The number of nitrogens with zero attached hydrogens (tertiary/aromatic N) is 1. The summed E-state index contributed by atoms with van der Waals surface area (Å²) in [5, 5.41) is 9.25. The topological polar surface area (TPSA) is 50.2 Å². The van der Waals surface area contributed by atoms with Gasteiger partial charge in [-0.1, -0.05) is 20.8 Å². The molecule has 0 radical (unpaired) electrons. The highest BCUT2D eigenvalue weighted by Gasteiger charge is 2.11. The van der Waals surface area contributed by atoms with Crippen LogP contribution in [0.3, 0.4) is 0 Å². The number of rotatable bonds is 4. The summed E-state index contributed by atoms with van der Waals surface area (Å²) in [7, 11) is 0. The molecular weight excluding hydrogens is 210 g/mol. The molecule has 4 heteroatoms. The molecule has 0 saturated carbocycles. The summed E-state index contributed by atoms with van der Waals surface area (Å²) >= 11 is 1.68. The molecule has 0 aliphatic heterocycles. The molecule has 0 aliphatic rings. The van der Waals surface area contributed by atoms with E-state index in [1.807, 2.05) is 6.07 Å². The Bertz CT molecular complexity index is 352. The fourth-order valence-electron chi connectivity index (χ4n) is 0.952. The van der Waals surface area contributed by atoms with E-state index < -0.39 is 5.97 Å². The van der Waals surface area contributed by atoms with Gasteiger partial charge in [0.2, 0.25) is 0 Å². The number of hydrogen-bond acceptors (Lipinski definition) is 3. The minimum Gasteiger partial charge on any atom is -0.477 e. The molecule has 1 unspecified atom stereocenters. The van der Waals surface area contributed by atoms with Crippen molar-refractivity contribution in [2.24, 2.45) is 5.92 Å². The third-order valence-electron chi connectivity index (χ3n) is 2.21. The average molecular weight is 225 g/mol. The molecule has 0 saturated heterocycles. The van der Waals surface area contributed by atoms with E-state index in [4.69, 9.17) is 5.11 Å². The molecule has 1 atom stereocenters. The quantitative estimate of drug-likeness (QED) is 0.800. The van der Waals surface area contributed by atoms with Crippen molar-refractivity contribution in [2.75, 3.05) is 0 Å². The monoisotopic (exact) mass is 225 g/mol. The third-order valence-corrected chi connectivity index (χ3v) is 3.65. The maximum atomic E-state index is 10.7. The van der Waals surface area contributed by atoms with Gasteiger partial charge in [-0.25, -0.2) is 9.78 Å². The first kappa shape index (κ1) is 12.0. The number of hydrogen-bond donors (Lipinski definition) is 1. The van der Waals surface area contributed by atoms with E-state index in [1.165, 1.54) is 0 Å². The second kappa shape index (κ2) is 5.16. The molecule has 0 bridgehead atoms. The lowest BCUT2D eigenvalue weighted by Gasteiger charge is -2.14. The van der Waals surface area contributed by atoms with Crippen LogP contribution in [0, 0.1) is 5.92 Å². The van der Waals surface area contributed by atoms with Gasteiger partial charge in [0.1, 0.15) is 5.69 Å². The van der Waals surface area contributed by atoms with Crippen LogP contribution in [0.2, 0.25) is 0 Å². The van der Waals surface area contributed by atoms with Crippen molar-refractivity contribution in [3.63, 3.8) is 0 Å². The summed E-state index contributed by atoms with van der Waals surface area (Å²) < 4.78 is 0. The number of carbonyl (C=O) groups is 1. The van der Waals surface area contributed by atoms with E-state index in [0.717, 1.165) is 4.90 Å². The maximum absolute atomic E-state index is 10.7. The van der Waals surface area contributed by atoms with E-state index in [0.29, 0.717) is 11.2 Å². The van der Waals surface area contributed by atoms with Gasteiger partial charge in [-0.15, -0.1) is 11.8 Å². The van der Waals surface area contributed by atoms with Gasteiger partial charge in [-0.05, 0) is 18.1 Å². The Labute approximate surface area is 93.9 Å². The zero-order valence-corrected chi connectivity index (χ0v) is 9.91. The highest BCUT2D eigenvalue weighted by molar-refractivity contribution is 8.00. The first-order chi connectivity index (χ1) is 7.00. The van der Waals surface area contributed by atoms with Crippen molar-refractivity contribution < 1.29 is 9.90 Å². The van der Waals surface area contributed by atoms with Gasteiger partial charge in [0.05, 0.1) is 0 Å². The van der Waals surface area contributed by atoms with Gasteiger partial charge in [0.25, 0.3) is 0 Å². The molecule has 1 rings (SSSR count). The number of carboxylic acid groups (broad SMARTS) is 1. The molecule has 1 heterocycles. The van der Waals surface area contributed by atoms with E-state index in [1.54, 1.807) is 24.0 Å². The van der Waals surface area contributed by atoms with Crippen LogP contribution >= 0.6 is 11.8 Å². The summed E-state index contributed by atoms with van der Waals surface area (Å²) in [6, 6.07) is 3.46. The van der Waals surface area contributed by atoms with E-state index in [9.17, 15) is 4.79 Å². The minimum absolute atomic E-state index is 0.107. The predicted molar refractivity (Wildman–Crippen MR) is 61.4 cm³/mol. The Morgan fingerprint density at radius 2 is 2.13 bits per heavy atom. The molecule has 15 heavy (non-hydrogen) atoms. The summed E-state index contributed by atoms with van der Waals surface area (Å²) in [5.74, 6) is -0.411. The zero-order chi connectivity index (χ0) is 11.4. The average Bonchev–Trinajstić information content (AvgIpc) is 2.18. The SMILES string of the molecule is CC(C)C(C)Sc1ccnc(C(=O)O)c1. The number of carboxylic acids is 1. The van der Waals surface area contributed by atoms with Crippen LogP contribution < -0.4 is 0 Å². The molecule has 0 aromatic carbocycles. The van der Waals surface area contributed by atoms with Gasteiger partial charge in [-0.3, -0.25) is 0 Å². The molecule has 0 amide bonds. The van der Waals surface area contributed by atoms with Crippen molar-refractivity contribution in [1.29, 1.82) is 0 Å². The molecule has 0 aliphatic carbocycles. The van der Waals surface area contributed by atoms with Gasteiger partial charge in [-0.2, -0.15) is 0 Å². The standard InChI is InChI=1S/C11H15NO2S/c1-7(2)8(3)15-9-4-5-12-10(6-9)11(13)14/h4-8H,1-3H3,(H,13,14). The Morgan fingerprint density at radius 3 is 2.67 bits per heavy atom. The number of pyridine rings is 1. The molecule has 82 valence electrons. The summed E-state index contributed by atoms with van der Waals surface area (Å²) in [5.41, 5.74) is 0.107. The first-order valence-corrected chi connectivity index (χ1v) is 5.74. The van der Waals surface area contributed by atoms with Gasteiger partial charge in [0, 0.05) is 16.3 Å². The Kier molecular flexibility index (Phi) is 4.15. The number of aromatic nitrogens is 1. The zero-order valence-electron chi connectivity index (χ0n) is 9.10. The Morgan fingerprint density at radius 1 is 1.47 bits per heavy atom. The van der Waals surface area contributed by atoms with Gasteiger partial charge < -0.3 is 5.11 Å². The summed E-state index contributed by atoms with van der Waals surface area (Å²) in [6.07, 6.45) is 1.54. The van der Waals surface area contributed by atoms with Crippen LogP contribution in [0.25, 0.3) is 0 Å². The summed E-state index contributed by atoms with van der Waals surface area (Å²) in [4.78, 5) is 15.4. The van der Waals surface area contributed by atoms with Crippen LogP contribution in [-0.4, -0.2) is 21.3 Å². The van der Waals surface area contributed by atoms with Crippen LogP contribution in [0.1, 0.15) is 31.3 Å². The molecule has 1 aromatic heterocycles. The number of thioether (sulfide) groups is 1. The van der Waals surface area contributed by atoms with Gasteiger partial charge in [0.15, 0.2) is 0 Å². The van der Waals surface area contributed by atoms with Crippen LogP contribution in [-0.2, 0) is 0 Å². The van der Waals surface area contributed by atoms with E-state index in [-0.39, 0.29) is 5.69 Å². The smallest absolute Gasteiger partial charge is 0.354 e. The summed E-state index contributed by atoms with van der Waals surface area (Å²) in [6.45, 7) is 6.43. The first-order valence-electron chi connectivity index (χ1n) is 4.86. The van der Waals surface area contributed by atoms with Crippen LogP contribution in [0.4, 0.5) is 0 Å². The molecule has 0 spiro atoms. The lowest BCUT2D eigenvalue weighted by Crippen LogP contribution is -2.06. The highest BCUT2D eigenvalue weighted by Crippen LogP contribution is 2.27. The normalized spacial score (nSPS) is 12.8. The van der Waals surface area contributed by atoms with Crippen molar-refractivity contribution in [3.05, 3.63) is 24.0 Å². The Hall–Kier alpha value is -1.03. The largest absolute Gasteiger partial charge is 0.477 e. The van der Waals surface area contributed by atoms with E-state index in [2.05, 4.69) is 25.8 Å². The molecular formula is C11H15NO2S. The molecule has 0 fully saturated rings. The van der Waals surface area contributed by atoms with E-state index >= 15 is 0 Å².